The second-order valence-electron chi connectivity index (χ2n) is 12.7. The maximum Gasteiger partial charge on any atom is 0.314 e. The van der Waals surface area contributed by atoms with E-state index in [-0.39, 0.29) is 17.2 Å². The molecule has 0 aliphatic heterocycles. The van der Waals surface area contributed by atoms with Gasteiger partial charge in [0.15, 0.2) is 11.6 Å². The molecule has 3 fully saturated rings. The van der Waals surface area contributed by atoms with E-state index < -0.39 is 17.6 Å². The fourth-order valence-corrected chi connectivity index (χ4v) is 7.87. The number of unbranched alkanes of at least 4 members (excludes halogenated alkanes) is 4. The van der Waals surface area contributed by atoms with Crippen LogP contribution in [-0.2, 0) is 11.2 Å². The summed E-state index contributed by atoms with van der Waals surface area (Å²) in [5, 5.41) is 0. The van der Waals surface area contributed by atoms with Crippen LogP contribution in [0.5, 0.6) is 5.75 Å². The number of carbonyl (C=O) groups excluding carboxylic acids is 1. The highest BCUT2D eigenvalue weighted by Crippen LogP contribution is 2.49. The summed E-state index contributed by atoms with van der Waals surface area (Å²) in [6.07, 6.45) is 23.2. The number of ether oxygens (including phenoxy) is 1. The number of allylic oxidation sites excluding steroid dienone is 1. The van der Waals surface area contributed by atoms with Crippen LogP contribution >= 0.6 is 0 Å². The molecular weight excluding hydrogens is 478 g/mol. The third-order valence-electron chi connectivity index (χ3n) is 10.2. The first-order valence-corrected chi connectivity index (χ1v) is 15.8. The molecule has 0 spiro atoms. The molecule has 1 aromatic rings. The number of hydrogen-bond acceptors (Lipinski definition) is 2. The first kappa shape index (κ1) is 29.3. The minimum atomic E-state index is -1.06. The molecule has 38 heavy (non-hydrogen) atoms. The van der Waals surface area contributed by atoms with E-state index in [1.54, 1.807) is 6.08 Å². The van der Waals surface area contributed by atoms with Gasteiger partial charge in [0.05, 0.1) is 5.92 Å². The molecule has 4 heteroatoms. The number of fused-ring (bicyclic) bond motifs is 1. The predicted molar refractivity (Wildman–Crippen MR) is 151 cm³/mol. The number of carbonyl (C=O) groups is 1. The van der Waals surface area contributed by atoms with Gasteiger partial charge < -0.3 is 4.74 Å². The summed E-state index contributed by atoms with van der Waals surface area (Å²) in [5.74, 6) is 1.46. The number of rotatable bonds is 12. The van der Waals surface area contributed by atoms with Crippen molar-refractivity contribution in [2.75, 3.05) is 0 Å². The third kappa shape index (κ3) is 7.69. The van der Waals surface area contributed by atoms with Gasteiger partial charge in [-0.3, -0.25) is 4.79 Å². The van der Waals surface area contributed by atoms with Crippen molar-refractivity contribution in [2.24, 2.45) is 35.5 Å². The summed E-state index contributed by atoms with van der Waals surface area (Å²) in [6, 6.07) is 2.90. The fourth-order valence-electron chi connectivity index (χ4n) is 7.87. The van der Waals surface area contributed by atoms with E-state index in [0.29, 0.717) is 18.8 Å². The second-order valence-corrected chi connectivity index (χ2v) is 12.7. The molecule has 3 aliphatic carbocycles. The van der Waals surface area contributed by atoms with Crippen LogP contribution in [0.25, 0.3) is 0 Å². The van der Waals surface area contributed by atoms with Crippen molar-refractivity contribution in [3.8, 4) is 5.75 Å². The van der Waals surface area contributed by atoms with E-state index in [1.807, 2.05) is 0 Å². The maximum absolute atomic E-state index is 14.5. The molecule has 4 unspecified atom stereocenters. The summed E-state index contributed by atoms with van der Waals surface area (Å²) >= 11 is 0. The molecule has 0 amide bonds. The lowest BCUT2D eigenvalue weighted by Crippen LogP contribution is -2.35. The highest BCUT2D eigenvalue weighted by Gasteiger charge is 2.39. The minimum absolute atomic E-state index is 0.210. The van der Waals surface area contributed by atoms with Crippen LogP contribution in [0.2, 0.25) is 0 Å². The number of hydrogen-bond donors (Lipinski definition) is 0. The van der Waals surface area contributed by atoms with Crippen molar-refractivity contribution in [1.82, 2.24) is 0 Å². The highest BCUT2D eigenvalue weighted by atomic mass is 19.2. The Bertz CT molecular complexity index is 904. The molecule has 3 aliphatic rings. The third-order valence-corrected chi connectivity index (χ3v) is 10.2. The van der Waals surface area contributed by atoms with E-state index in [0.717, 1.165) is 49.4 Å². The van der Waals surface area contributed by atoms with Crippen molar-refractivity contribution in [1.29, 1.82) is 0 Å². The van der Waals surface area contributed by atoms with E-state index in [9.17, 15) is 13.6 Å². The Morgan fingerprint density at radius 2 is 1.53 bits per heavy atom. The number of aryl methyl sites for hydroxylation is 1. The molecule has 3 saturated carbocycles. The molecule has 4 rings (SSSR count). The zero-order valence-corrected chi connectivity index (χ0v) is 23.7. The smallest absolute Gasteiger partial charge is 0.314 e. The quantitative estimate of drug-likeness (QED) is 0.117. The maximum atomic E-state index is 14.5. The van der Waals surface area contributed by atoms with Gasteiger partial charge in [0.25, 0.3) is 0 Å². The van der Waals surface area contributed by atoms with Crippen LogP contribution in [0.4, 0.5) is 8.78 Å². The Morgan fingerprint density at radius 1 is 0.868 bits per heavy atom. The topological polar surface area (TPSA) is 26.3 Å². The molecule has 0 radical (unpaired) electrons. The van der Waals surface area contributed by atoms with Gasteiger partial charge in [-0.2, -0.15) is 4.39 Å². The summed E-state index contributed by atoms with van der Waals surface area (Å²) in [7, 11) is 0. The van der Waals surface area contributed by atoms with Crippen molar-refractivity contribution >= 4 is 5.97 Å². The number of esters is 1. The van der Waals surface area contributed by atoms with Crippen molar-refractivity contribution in [3.63, 3.8) is 0 Å². The zero-order chi connectivity index (χ0) is 26.9. The van der Waals surface area contributed by atoms with Gasteiger partial charge in [0.1, 0.15) is 0 Å². The number of halogens is 2. The van der Waals surface area contributed by atoms with Crippen LogP contribution in [0.1, 0.15) is 122 Å². The van der Waals surface area contributed by atoms with Gasteiger partial charge in [-0.1, -0.05) is 64.0 Å². The van der Waals surface area contributed by atoms with Crippen molar-refractivity contribution in [3.05, 3.63) is 42.0 Å². The van der Waals surface area contributed by atoms with E-state index in [1.165, 1.54) is 89.2 Å². The molecule has 0 heterocycles. The summed E-state index contributed by atoms with van der Waals surface area (Å²) in [4.78, 5) is 12.8. The summed E-state index contributed by atoms with van der Waals surface area (Å²) in [5.41, 5.74) is 0.285. The lowest BCUT2D eigenvalue weighted by Gasteiger charge is -2.45. The lowest BCUT2D eigenvalue weighted by atomic mass is 9.60. The van der Waals surface area contributed by atoms with E-state index in [2.05, 4.69) is 13.5 Å². The van der Waals surface area contributed by atoms with Gasteiger partial charge >= 0.3 is 5.97 Å². The van der Waals surface area contributed by atoms with E-state index >= 15 is 0 Å². The molecule has 212 valence electrons. The van der Waals surface area contributed by atoms with Crippen LogP contribution < -0.4 is 4.74 Å². The van der Waals surface area contributed by atoms with Gasteiger partial charge in [-0.05, 0) is 112 Å². The van der Waals surface area contributed by atoms with Crippen molar-refractivity contribution in [2.45, 2.75) is 122 Å². The Balaban J connectivity index is 1.19. The zero-order valence-electron chi connectivity index (χ0n) is 23.7. The fraction of sp³-hybridized carbons (Fsp3) is 0.735. The second kappa shape index (κ2) is 14.6. The van der Waals surface area contributed by atoms with Crippen LogP contribution in [0.3, 0.4) is 0 Å². The minimum Gasteiger partial charge on any atom is -0.423 e. The average molecular weight is 529 g/mol. The Kier molecular flexibility index (Phi) is 11.3. The standard InChI is InChI=1S/C34H50F2O2/c1-3-5-7-8-9-10-24-12-13-30-23-29(19-18-28(30)22-24)25-14-16-27(17-15-25)34(37)38-31-21-20-26(11-6-4-2)32(35)33(31)36/h4,20-21,24-25,27-30H,2-3,5-19,22-23H2,1H3. The Hall–Kier alpha value is -1.71. The van der Waals surface area contributed by atoms with Crippen molar-refractivity contribution < 1.29 is 18.3 Å². The molecule has 2 nitrogen and oxygen atoms in total. The first-order chi connectivity index (χ1) is 18.5. The predicted octanol–water partition coefficient (Wildman–Crippen LogP) is 9.99. The van der Waals surface area contributed by atoms with Gasteiger partial charge in [0, 0.05) is 0 Å². The van der Waals surface area contributed by atoms with Crippen LogP contribution in [-0.4, -0.2) is 5.97 Å². The van der Waals surface area contributed by atoms with Crippen LogP contribution in [0, 0.1) is 47.1 Å². The Labute approximate surface area is 230 Å². The SMILES string of the molecule is C=CCCc1ccc(OC(=O)C2CCC(C3CCC4CC(CCCCCCC)CCC4C3)CC2)c(F)c1F. The molecule has 0 saturated heterocycles. The average Bonchev–Trinajstić information content (AvgIpc) is 2.94. The first-order valence-electron chi connectivity index (χ1n) is 15.8. The lowest BCUT2D eigenvalue weighted by molar-refractivity contribution is -0.140. The Morgan fingerprint density at radius 3 is 2.26 bits per heavy atom. The van der Waals surface area contributed by atoms with Gasteiger partial charge in [0.2, 0.25) is 5.82 Å². The molecule has 0 bridgehead atoms. The summed E-state index contributed by atoms with van der Waals surface area (Å²) < 4.78 is 34.2. The van der Waals surface area contributed by atoms with Gasteiger partial charge in [-0.25, -0.2) is 4.39 Å². The van der Waals surface area contributed by atoms with E-state index in [4.69, 9.17) is 4.74 Å². The monoisotopic (exact) mass is 528 g/mol. The molecule has 4 atom stereocenters. The molecule has 0 aromatic heterocycles. The highest BCUT2D eigenvalue weighted by molar-refractivity contribution is 5.75. The van der Waals surface area contributed by atoms with Crippen LogP contribution in [0.15, 0.2) is 24.8 Å². The largest absolute Gasteiger partial charge is 0.423 e. The number of benzene rings is 1. The molecular formula is C34H50F2O2. The summed E-state index contributed by atoms with van der Waals surface area (Å²) in [6.45, 7) is 5.91. The molecule has 1 aromatic carbocycles. The normalized spacial score (nSPS) is 29.4. The van der Waals surface area contributed by atoms with Gasteiger partial charge in [-0.15, -0.1) is 6.58 Å². The molecule has 0 N–H and O–H groups in total.